The second-order valence-electron chi connectivity index (χ2n) is 6.37. The fourth-order valence-electron chi connectivity index (χ4n) is 2.74. The SMILES string of the molecule is CC(N)CCNC(=O)c1cccc(S(=O)(=O)N2CCCCCC2)c1. The molecule has 7 heteroatoms. The van der Waals surface area contributed by atoms with Crippen molar-refractivity contribution in [3.63, 3.8) is 0 Å². The number of rotatable bonds is 6. The lowest BCUT2D eigenvalue weighted by Crippen LogP contribution is -2.32. The summed E-state index contributed by atoms with van der Waals surface area (Å²) in [5, 5.41) is 2.77. The van der Waals surface area contributed by atoms with E-state index < -0.39 is 10.0 Å². The first-order chi connectivity index (χ1) is 11.4. The molecule has 0 aliphatic carbocycles. The van der Waals surface area contributed by atoms with E-state index in [0.717, 1.165) is 25.7 Å². The maximum Gasteiger partial charge on any atom is 0.251 e. The average Bonchev–Trinajstić information content (AvgIpc) is 2.84. The van der Waals surface area contributed by atoms with Gasteiger partial charge in [-0.05, 0) is 44.4 Å². The largest absolute Gasteiger partial charge is 0.352 e. The molecule has 0 radical (unpaired) electrons. The van der Waals surface area contributed by atoms with E-state index in [1.165, 1.54) is 10.4 Å². The Morgan fingerprint density at radius 3 is 2.54 bits per heavy atom. The van der Waals surface area contributed by atoms with Crippen LogP contribution in [0.3, 0.4) is 0 Å². The van der Waals surface area contributed by atoms with Crippen LogP contribution in [0.25, 0.3) is 0 Å². The van der Waals surface area contributed by atoms with Crippen LogP contribution in [0.15, 0.2) is 29.2 Å². The number of hydrogen-bond acceptors (Lipinski definition) is 4. The van der Waals surface area contributed by atoms with E-state index in [0.29, 0.717) is 31.6 Å². The topological polar surface area (TPSA) is 92.5 Å². The van der Waals surface area contributed by atoms with Gasteiger partial charge in [0.25, 0.3) is 5.91 Å². The molecule has 1 amide bonds. The fourth-order valence-corrected chi connectivity index (χ4v) is 4.31. The number of nitrogens with one attached hydrogen (secondary N) is 1. The zero-order valence-electron chi connectivity index (χ0n) is 14.2. The average molecular weight is 353 g/mol. The van der Waals surface area contributed by atoms with Gasteiger partial charge < -0.3 is 11.1 Å². The molecule has 1 fully saturated rings. The third-order valence-corrected chi connectivity index (χ3v) is 6.08. The Balaban J connectivity index is 2.12. The predicted molar refractivity (Wildman–Crippen MR) is 94.3 cm³/mol. The van der Waals surface area contributed by atoms with Crippen molar-refractivity contribution in [2.45, 2.75) is 50.0 Å². The molecule has 1 saturated heterocycles. The van der Waals surface area contributed by atoms with Gasteiger partial charge in [-0.25, -0.2) is 8.42 Å². The van der Waals surface area contributed by atoms with Gasteiger partial charge in [0.1, 0.15) is 0 Å². The first-order valence-corrected chi connectivity index (χ1v) is 9.99. The molecule has 0 saturated carbocycles. The summed E-state index contributed by atoms with van der Waals surface area (Å²) in [6.45, 7) is 3.44. The molecular formula is C17H27N3O3S. The lowest BCUT2D eigenvalue weighted by atomic mass is 10.2. The number of hydrogen-bond donors (Lipinski definition) is 2. The van der Waals surface area contributed by atoms with E-state index in [1.807, 2.05) is 6.92 Å². The zero-order valence-corrected chi connectivity index (χ0v) is 15.0. The summed E-state index contributed by atoms with van der Waals surface area (Å²) >= 11 is 0. The molecule has 2 rings (SSSR count). The highest BCUT2D eigenvalue weighted by molar-refractivity contribution is 7.89. The van der Waals surface area contributed by atoms with Crippen LogP contribution in [-0.2, 0) is 10.0 Å². The van der Waals surface area contributed by atoms with Crippen molar-refractivity contribution in [1.82, 2.24) is 9.62 Å². The highest BCUT2D eigenvalue weighted by Gasteiger charge is 2.25. The van der Waals surface area contributed by atoms with Crippen LogP contribution >= 0.6 is 0 Å². The van der Waals surface area contributed by atoms with Crippen LogP contribution in [0.4, 0.5) is 0 Å². The molecular weight excluding hydrogens is 326 g/mol. The highest BCUT2D eigenvalue weighted by atomic mass is 32.2. The van der Waals surface area contributed by atoms with Gasteiger partial charge in [0.2, 0.25) is 10.0 Å². The summed E-state index contributed by atoms with van der Waals surface area (Å²) in [4.78, 5) is 12.4. The van der Waals surface area contributed by atoms with Crippen LogP contribution in [-0.4, -0.2) is 44.3 Å². The van der Waals surface area contributed by atoms with E-state index >= 15 is 0 Å². The molecule has 3 N–H and O–H groups in total. The molecule has 6 nitrogen and oxygen atoms in total. The Morgan fingerprint density at radius 1 is 1.25 bits per heavy atom. The Bertz CT molecular complexity index is 651. The van der Waals surface area contributed by atoms with Crippen molar-refractivity contribution in [2.75, 3.05) is 19.6 Å². The zero-order chi connectivity index (χ0) is 17.6. The van der Waals surface area contributed by atoms with Crippen LogP contribution in [0.5, 0.6) is 0 Å². The summed E-state index contributed by atoms with van der Waals surface area (Å²) in [6, 6.07) is 6.27. The molecule has 1 aliphatic rings. The fraction of sp³-hybridized carbons (Fsp3) is 0.588. The third-order valence-electron chi connectivity index (χ3n) is 4.18. The Hall–Kier alpha value is -1.44. The minimum atomic E-state index is -3.54. The standard InChI is InChI=1S/C17H27N3O3S/c1-14(18)9-10-19-17(21)15-7-6-8-16(13-15)24(22,23)20-11-4-2-3-5-12-20/h6-8,13-14H,2-5,9-12,18H2,1H3,(H,19,21). The van der Waals surface area contributed by atoms with Gasteiger partial charge in [-0.15, -0.1) is 0 Å². The van der Waals surface area contributed by atoms with Gasteiger partial charge in [-0.3, -0.25) is 4.79 Å². The van der Waals surface area contributed by atoms with E-state index in [2.05, 4.69) is 5.32 Å². The van der Waals surface area contributed by atoms with E-state index in [-0.39, 0.29) is 16.8 Å². The number of carbonyl (C=O) groups excluding carboxylic acids is 1. The Kier molecular flexibility index (Phi) is 6.77. The highest BCUT2D eigenvalue weighted by Crippen LogP contribution is 2.21. The number of nitrogens with zero attached hydrogens (tertiary/aromatic N) is 1. The Labute approximate surface area is 144 Å². The maximum absolute atomic E-state index is 12.8. The predicted octanol–water partition coefficient (Wildman–Crippen LogP) is 1.72. The summed E-state index contributed by atoms with van der Waals surface area (Å²) in [5.41, 5.74) is 6.01. The van der Waals surface area contributed by atoms with Crippen molar-refractivity contribution >= 4 is 15.9 Å². The van der Waals surface area contributed by atoms with Crippen molar-refractivity contribution in [3.8, 4) is 0 Å². The molecule has 0 bridgehead atoms. The van der Waals surface area contributed by atoms with Crippen molar-refractivity contribution in [1.29, 1.82) is 0 Å². The van der Waals surface area contributed by atoms with Gasteiger partial charge >= 0.3 is 0 Å². The van der Waals surface area contributed by atoms with Gasteiger partial charge in [0, 0.05) is 31.2 Å². The molecule has 0 aromatic heterocycles. The second kappa shape index (κ2) is 8.60. The third kappa shape index (κ3) is 5.03. The molecule has 134 valence electrons. The molecule has 1 aromatic rings. The van der Waals surface area contributed by atoms with Crippen molar-refractivity contribution in [2.24, 2.45) is 5.73 Å². The molecule has 1 aliphatic heterocycles. The van der Waals surface area contributed by atoms with E-state index in [1.54, 1.807) is 18.2 Å². The van der Waals surface area contributed by atoms with E-state index in [4.69, 9.17) is 5.73 Å². The van der Waals surface area contributed by atoms with Gasteiger partial charge in [-0.1, -0.05) is 18.9 Å². The first kappa shape index (κ1) is 18.9. The number of carbonyl (C=O) groups is 1. The first-order valence-electron chi connectivity index (χ1n) is 8.55. The van der Waals surface area contributed by atoms with Crippen molar-refractivity contribution in [3.05, 3.63) is 29.8 Å². The second-order valence-corrected chi connectivity index (χ2v) is 8.31. The molecule has 0 spiro atoms. The molecule has 24 heavy (non-hydrogen) atoms. The molecule has 1 aromatic carbocycles. The smallest absolute Gasteiger partial charge is 0.251 e. The maximum atomic E-state index is 12.8. The summed E-state index contributed by atoms with van der Waals surface area (Å²) in [5.74, 6) is -0.274. The lowest BCUT2D eigenvalue weighted by molar-refractivity contribution is 0.0952. The van der Waals surface area contributed by atoms with E-state index in [9.17, 15) is 13.2 Å². The minimum absolute atomic E-state index is 0.0139. The van der Waals surface area contributed by atoms with Crippen LogP contribution in [0.1, 0.15) is 49.4 Å². The number of sulfonamides is 1. The summed E-state index contributed by atoms with van der Waals surface area (Å²) < 4.78 is 27.1. The number of nitrogens with two attached hydrogens (primary N) is 1. The lowest BCUT2D eigenvalue weighted by Gasteiger charge is -2.20. The van der Waals surface area contributed by atoms with Crippen molar-refractivity contribution < 1.29 is 13.2 Å². The number of amides is 1. The monoisotopic (exact) mass is 353 g/mol. The number of benzene rings is 1. The summed E-state index contributed by atoms with van der Waals surface area (Å²) in [7, 11) is -3.54. The van der Waals surface area contributed by atoms with Gasteiger partial charge in [0.05, 0.1) is 4.90 Å². The van der Waals surface area contributed by atoms with Crippen LogP contribution in [0, 0.1) is 0 Å². The summed E-state index contributed by atoms with van der Waals surface area (Å²) in [6.07, 6.45) is 4.58. The Morgan fingerprint density at radius 2 is 1.92 bits per heavy atom. The van der Waals surface area contributed by atoms with Gasteiger partial charge in [0.15, 0.2) is 0 Å². The minimum Gasteiger partial charge on any atom is -0.352 e. The molecule has 1 heterocycles. The van der Waals surface area contributed by atoms with Crippen LogP contribution < -0.4 is 11.1 Å². The normalized spacial score (nSPS) is 17.9. The van der Waals surface area contributed by atoms with Gasteiger partial charge in [-0.2, -0.15) is 4.31 Å². The van der Waals surface area contributed by atoms with Crippen LogP contribution in [0.2, 0.25) is 0 Å². The quantitative estimate of drug-likeness (QED) is 0.814. The molecule has 1 atom stereocenters. The molecule has 1 unspecified atom stereocenters.